The van der Waals surface area contributed by atoms with Crippen LogP contribution >= 0.6 is 0 Å². The van der Waals surface area contributed by atoms with Crippen molar-refractivity contribution in [2.45, 2.75) is 5.60 Å². The molecule has 3 aromatic rings. The van der Waals surface area contributed by atoms with Gasteiger partial charge in [0.05, 0.1) is 34.5 Å². The molecule has 0 unspecified atom stereocenters. The third-order valence-corrected chi connectivity index (χ3v) is 4.90. The lowest BCUT2D eigenvalue weighted by molar-refractivity contribution is -0.00650. The second-order valence-corrected chi connectivity index (χ2v) is 6.44. The molecule has 3 aromatic carbocycles. The quantitative estimate of drug-likeness (QED) is 0.556. The summed E-state index contributed by atoms with van der Waals surface area (Å²) in [6.07, 6.45) is 0. The van der Waals surface area contributed by atoms with Crippen molar-refractivity contribution in [1.82, 2.24) is 0 Å². The van der Waals surface area contributed by atoms with Crippen molar-refractivity contribution in [2.75, 3.05) is 34.5 Å². The second kappa shape index (κ2) is 9.45. The Hall–Kier alpha value is -3.02. The third-order valence-electron chi connectivity index (χ3n) is 4.90. The summed E-state index contributed by atoms with van der Waals surface area (Å²) in [5.74, 6) is 2.28. The average Bonchev–Trinajstić information content (AvgIpc) is 2.80. The van der Waals surface area contributed by atoms with Crippen LogP contribution in [0.1, 0.15) is 16.7 Å². The van der Waals surface area contributed by atoms with Gasteiger partial charge in [-0.3, -0.25) is 0 Å². The van der Waals surface area contributed by atoms with Crippen LogP contribution in [0, 0.1) is 0 Å². The zero-order chi connectivity index (χ0) is 20.7. The molecule has 0 aliphatic rings. The van der Waals surface area contributed by atoms with Crippen LogP contribution in [-0.2, 0) is 10.3 Å². The Morgan fingerprint density at radius 3 is 1.14 bits per heavy atom. The summed E-state index contributed by atoms with van der Waals surface area (Å²) in [4.78, 5) is 0. The zero-order valence-corrected chi connectivity index (χ0v) is 16.9. The smallest absolute Gasteiger partial charge is 0.143 e. The topological polar surface area (TPSA) is 57.2 Å². The molecule has 0 radical (unpaired) electrons. The average molecular weight is 394 g/mol. The van der Waals surface area contributed by atoms with E-state index in [4.69, 9.17) is 18.9 Å². The highest BCUT2D eigenvalue weighted by molar-refractivity contribution is 5.50. The van der Waals surface area contributed by atoms with E-state index in [1.54, 1.807) is 21.3 Å². The fraction of sp³-hybridized carbons (Fsp3) is 0.250. The molecule has 0 saturated heterocycles. The molecule has 152 valence electrons. The Balaban J connectivity index is 2.23. The Morgan fingerprint density at radius 1 is 0.586 bits per heavy atom. The Labute approximate surface area is 171 Å². The predicted octanol–water partition coefficient (Wildman–Crippen LogP) is 4.01. The molecule has 0 aliphatic heterocycles. The molecule has 0 saturated carbocycles. The highest BCUT2D eigenvalue weighted by atomic mass is 16.5. The minimum absolute atomic E-state index is 0.0930. The molecule has 0 aliphatic carbocycles. The SMILES string of the molecule is COc1ccc(C(OCCO)(c2ccc(OC)cc2)c2ccc(OC)cc2)cc1. The standard InChI is InChI=1S/C24H26O5/c1-26-21-10-4-18(5-11-21)24(29-17-16-25,19-6-12-22(27-2)13-7-19)20-8-14-23(28-3)15-9-20/h4-15,25H,16-17H2,1-3H3. The van der Waals surface area contributed by atoms with Crippen LogP contribution < -0.4 is 14.2 Å². The number of aliphatic hydroxyl groups is 1. The highest BCUT2D eigenvalue weighted by Gasteiger charge is 2.37. The molecular formula is C24H26O5. The van der Waals surface area contributed by atoms with Gasteiger partial charge in [-0.05, 0) is 53.1 Å². The number of methoxy groups -OCH3 is 3. The monoisotopic (exact) mass is 394 g/mol. The summed E-state index contributed by atoms with van der Waals surface area (Å²) >= 11 is 0. The number of rotatable bonds is 9. The summed E-state index contributed by atoms with van der Waals surface area (Å²) < 4.78 is 22.3. The van der Waals surface area contributed by atoms with Gasteiger partial charge in [0.15, 0.2) is 0 Å². The first kappa shape index (κ1) is 20.7. The van der Waals surface area contributed by atoms with Gasteiger partial charge in [0.25, 0.3) is 0 Å². The van der Waals surface area contributed by atoms with E-state index >= 15 is 0 Å². The van der Waals surface area contributed by atoms with Gasteiger partial charge >= 0.3 is 0 Å². The van der Waals surface area contributed by atoms with Gasteiger partial charge in [0.1, 0.15) is 22.8 Å². The van der Waals surface area contributed by atoms with Crippen molar-refractivity contribution >= 4 is 0 Å². The van der Waals surface area contributed by atoms with Crippen LogP contribution in [0.15, 0.2) is 72.8 Å². The number of hydrogen-bond acceptors (Lipinski definition) is 5. The number of aliphatic hydroxyl groups excluding tert-OH is 1. The molecule has 0 spiro atoms. The minimum atomic E-state index is -0.923. The van der Waals surface area contributed by atoms with Crippen LogP contribution in [0.25, 0.3) is 0 Å². The first-order valence-electron chi connectivity index (χ1n) is 9.36. The summed E-state index contributed by atoms with van der Waals surface area (Å²) in [7, 11) is 4.91. The van der Waals surface area contributed by atoms with Gasteiger partial charge in [0.2, 0.25) is 0 Å². The molecule has 0 heterocycles. The molecule has 5 heteroatoms. The predicted molar refractivity (Wildman–Crippen MR) is 112 cm³/mol. The maximum atomic E-state index is 9.53. The van der Waals surface area contributed by atoms with Crippen molar-refractivity contribution in [2.24, 2.45) is 0 Å². The largest absolute Gasteiger partial charge is 0.497 e. The molecule has 5 nitrogen and oxygen atoms in total. The van der Waals surface area contributed by atoms with Crippen LogP contribution in [0.2, 0.25) is 0 Å². The molecule has 0 atom stereocenters. The lowest BCUT2D eigenvalue weighted by Crippen LogP contribution is -2.34. The lowest BCUT2D eigenvalue weighted by Gasteiger charge is -2.36. The maximum absolute atomic E-state index is 9.53. The van der Waals surface area contributed by atoms with E-state index in [1.807, 2.05) is 72.8 Å². The molecule has 1 N–H and O–H groups in total. The third kappa shape index (κ3) is 4.21. The molecule has 0 bridgehead atoms. The Kier molecular flexibility index (Phi) is 6.75. The summed E-state index contributed by atoms with van der Waals surface area (Å²) in [6, 6.07) is 23.3. The fourth-order valence-electron chi connectivity index (χ4n) is 3.43. The first-order chi connectivity index (χ1) is 14.2. The molecule has 3 rings (SSSR count). The van der Waals surface area contributed by atoms with E-state index in [0.717, 1.165) is 33.9 Å². The Bertz CT molecular complexity index is 770. The first-order valence-corrected chi connectivity index (χ1v) is 9.36. The lowest BCUT2D eigenvalue weighted by atomic mass is 9.80. The van der Waals surface area contributed by atoms with Crippen LogP contribution in [0.4, 0.5) is 0 Å². The minimum Gasteiger partial charge on any atom is -0.497 e. The highest BCUT2D eigenvalue weighted by Crippen LogP contribution is 2.42. The van der Waals surface area contributed by atoms with Crippen molar-refractivity contribution in [3.63, 3.8) is 0 Å². The van der Waals surface area contributed by atoms with Crippen LogP contribution in [-0.4, -0.2) is 39.6 Å². The Morgan fingerprint density at radius 2 is 0.897 bits per heavy atom. The van der Waals surface area contributed by atoms with E-state index in [0.29, 0.717) is 0 Å². The van der Waals surface area contributed by atoms with Crippen molar-refractivity contribution in [3.05, 3.63) is 89.5 Å². The van der Waals surface area contributed by atoms with Gasteiger partial charge < -0.3 is 24.1 Å². The number of ether oxygens (including phenoxy) is 4. The van der Waals surface area contributed by atoms with Gasteiger partial charge in [-0.15, -0.1) is 0 Å². The normalized spacial score (nSPS) is 11.2. The van der Waals surface area contributed by atoms with E-state index in [9.17, 15) is 5.11 Å². The molecule has 0 amide bonds. The van der Waals surface area contributed by atoms with E-state index in [-0.39, 0.29) is 13.2 Å². The van der Waals surface area contributed by atoms with Crippen LogP contribution in [0.3, 0.4) is 0 Å². The van der Waals surface area contributed by atoms with Gasteiger partial charge in [-0.25, -0.2) is 0 Å². The fourth-order valence-corrected chi connectivity index (χ4v) is 3.43. The second-order valence-electron chi connectivity index (χ2n) is 6.44. The molecular weight excluding hydrogens is 368 g/mol. The van der Waals surface area contributed by atoms with Crippen molar-refractivity contribution in [1.29, 1.82) is 0 Å². The summed E-state index contributed by atoms with van der Waals surface area (Å²) in [5, 5.41) is 9.53. The zero-order valence-electron chi connectivity index (χ0n) is 16.9. The van der Waals surface area contributed by atoms with Gasteiger partial charge in [-0.2, -0.15) is 0 Å². The van der Waals surface area contributed by atoms with Crippen molar-refractivity contribution in [3.8, 4) is 17.2 Å². The van der Waals surface area contributed by atoms with Gasteiger partial charge in [0, 0.05) is 0 Å². The number of hydrogen-bond donors (Lipinski definition) is 1. The van der Waals surface area contributed by atoms with Crippen molar-refractivity contribution < 1.29 is 24.1 Å². The van der Waals surface area contributed by atoms with Crippen LogP contribution in [0.5, 0.6) is 17.2 Å². The van der Waals surface area contributed by atoms with Gasteiger partial charge in [-0.1, -0.05) is 36.4 Å². The number of benzene rings is 3. The maximum Gasteiger partial charge on any atom is 0.143 e. The summed E-state index contributed by atoms with van der Waals surface area (Å²) in [5.41, 5.74) is 1.83. The molecule has 0 aromatic heterocycles. The molecule has 0 fully saturated rings. The summed E-state index contributed by atoms with van der Waals surface area (Å²) in [6.45, 7) is 0.0777. The van der Waals surface area contributed by atoms with E-state index in [2.05, 4.69) is 0 Å². The van der Waals surface area contributed by atoms with E-state index in [1.165, 1.54) is 0 Å². The van der Waals surface area contributed by atoms with E-state index < -0.39 is 5.60 Å². The molecule has 29 heavy (non-hydrogen) atoms.